The minimum Gasteiger partial charge on any atom is -0.369 e. The number of fused-ring (bicyclic) bond motifs is 1. The maximum atomic E-state index is 12.7. The second-order valence-electron chi connectivity index (χ2n) is 6.30. The van der Waals surface area contributed by atoms with Crippen molar-refractivity contribution in [3.8, 4) is 0 Å². The summed E-state index contributed by atoms with van der Waals surface area (Å²) >= 11 is 0. The summed E-state index contributed by atoms with van der Waals surface area (Å²) < 4.78 is 0. The monoisotopic (exact) mass is 323 g/mol. The Morgan fingerprint density at radius 2 is 1.96 bits per heavy atom. The summed E-state index contributed by atoms with van der Waals surface area (Å²) in [6.45, 7) is 3.83. The number of benzene rings is 1. The third-order valence-corrected chi connectivity index (χ3v) is 4.60. The van der Waals surface area contributed by atoms with E-state index in [-0.39, 0.29) is 23.8 Å². The molecule has 0 aliphatic heterocycles. The molecule has 5 nitrogen and oxygen atoms in total. The molecule has 0 spiro atoms. The van der Waals surface area contributed by atoms with Gasteiger partial charge in [-0.1, -0.05) is 30.4 Å². The Bertz CT molecular complexity index is 842. The van der Waals surface area contributed by atoms with Crippen molar-refractivity contribution in [1.82, 2.24) is 10.3 Å². The number of amides is 2. The molecule has 0 saturated carbocycles. The molecule has 1 aliphatic rings. The lowest BCUT2D eigenvalue weighted by molar-refractivity contribution is -0.122. The van der Waals surface area contributed by atoms with Crippen LogP contribution in [0.15, 0.2) is 36.4 Å². The van der Waals surface area contributed by atoms with Crippen molar-refractivity contribution in [3.63, 3.8) is 0 Å². The average Bonchev–Trinajstić information content (AvgIpc) is 2.55. The standard InChI is InChI=1S/C19H21N3O2/c1-11-6-5-7-13-10-15(12(2)21-17(11)13)19(24)22-16-9-4-3-8-14(16)18(20)23/h3-7,10,14,16H,8-9H2,1-2H3,(H2,20,23)(H,22,24)/t14-,16-/m1/s1. The summed E-state index contributed by atoms with van der Waals surface area (Å²) in [5.41, 5.74) is 8.65. The Morgan fingerprint density at radius 1 is 1.21 bits per heavy atom. The number of nitrogens with one attached hydrogen (secondary N) is 1. The number of pyridine rings is 1. The summed E-state index contributed by atoms with van der Waals surface area (Å²) in [6, 6.07) is 7.48. The maximum absolute atomic E-state index is 12.7. The molecule has 3 N–H and O–H groups in total. The number of nitrogens with zero attached hydrogens (tertiary/aromatic N) is 1. The van der Waals surface area contributed by atoms with Gasteiger partial charge in [0.1, 0.15) is 0 Å². The number of aryl methyl sites for hydroxylation is 2. The summed E-state index contributed by atoms with van der Waals surface area (Å²) in [4.78, 5) is 28.9. The van der Waals surface area contributed by atoms with Crippen LogP contribution in [0.3, 0.4) is 0 Å². The van der Waals surface area contributed by atoms with Crippen molar-refractivity contribution in [2.75, 3.05) is 0 Å². The van der Waals surface area contributed by atoms with Gasteiger partial charge in [-0.15, -0.1) is 0 Å². The summed E-state index contributed by atoms with van der Waals surface area (Å²) in [7, 11) is 0. The Kier molecular flexibility index (Phi) is 4.34. The molecule has 5 heteroatoms. The summed E-state index contributed by atoms with van der Waals surface area (Å²) in [6.07, 6.45) is 5.08. The van der Waals surface area contributed by atoms with E-state index >= 15 is 0 Å². The fraction of sp³-hybridized carbons (Fsp3) is 0.316. The molecular formula is C19H21N3O2. The van der Waals surface area contributed by atoms with Crippen LogP contribution >= 0.6 is 0 Å². The quantitative estimate of drug-likeness (QED) is 0.851. The van der Waals surface area contributed by atoms with Gasteiger partial charge in [0.2, 0.25) is 5.91 Å². The topological polar surface area (TPSA) is 85.1 Å². The second-order valence-corrected chi connectivity index (χ2v) is 6.30. The lowest BCUT2D eigenvalue weighted by Gasteiger charge is -2.27. The predicted octanol–water partition coefficient (Wildman–Crippen LogP) is 2.40. The van der Waals surface area contributed by atoms with E-state index in [9.17, 15) is 9.59 Å². The van der Waals surface area contributed by atoms with Crippen molar-refractivity contribution in [3.05, 3.63) is 53.2 Å². The zero-order chi connectivity index (χ0) is 17.3. The number of para-hydroxylation sites is 1. The molecule has 2 atom stereocenters. The van der Waals surface area contributed by atoms with E-state index < -0.39 is 0 Å². The first-order valence-electron chi connectivity index (χ1n) is 8.09. The SMILES string of the molecule is Cc1nc2c(C)cccc2cc1C(=O)N[C@@H]1CC=CC[C@H]1C(N)=O. The van der Waals surface area contributed by atoms with E-state index in [4.69, 9.17) is 5.73 Å². The molecule has 2 amide bonds. The van der Waals surface area contributed by atoms with Crippen LogP contribution in [-0.2, 0) is 4.79 Å². The summed E-state index contributed by atoms with van der Waals surface area (Å²) in [5, 5.41) is 3.89. The first-order valence-corrected chi connectivity index (χ1v) is 8.09. The van der Waals surface area contributed by atoms with Crippen LogP contribution in [0.5, 0.6) is 0 Å². The van der Waals surface area contributed by atoms with Crippen LogP contribution in [0.25, 0.3) is 10.9 Å². The van der Waals surface area contributed by atoms with Crippen molar-refractivity contribution < 1.29 is 9.59 Å². The van der Waals surface area contributed by atoms with Gasteiger partial charge in [-0.05, 0) is 38.3 Å². The fourth-order valence-corrected chi connectivity index (χ4v) is 3.20. The number of primary amides is 1. The van der Waals surface area contributed by atoms with E-state index in [1.54, 1.807) is 0 Å². The van der Waals surface area contributed by atoms with Crippen molar-refractivity contribution in [2.24, 2.45) is 11.7 Å². The molecule has 0 radical (unpaired) electrons. The molecule has 24 heavy (non-hydrogen) atoms. The van der Waals surface area contributed by atoms with Crippen LogP contribution in [0.4, 0.5) is 0 Å². The number of allylic oxidation sites excluding steroid dienone is 1. The first-order chi connectivity index (χ1) is 11.5. The molecule has 3 rings (SSSR count). The summed E-state index contributed by atoms with van der Waals surface area (Å²) in [5.74, 6) is -0.960. The Balaban J connectivity index is 1.90. The van der Waals surface area contributed by atoms with Crippen LogP contribution in [0.1, 0.15) is 34.5 Å². The molecule has 1 aromatic heterocycles. The van der Waals surface area contributed by atoms with Gasteiger partial charge >= 0.3 is 0 Å². The zero-order valence-electron chi connectivity index (χ0n) is 13.9. The second kappa shape index (κ2) is 6.43. The number of hydrogen-bond acceptors (Lipinski definition) is 3. The number of rotatable bonds is 3. The minimum atomic E-state index is -0.381. The number of hydrogen-bond donors (Lipinski definition) is 2. The van der Waals surface area contributed by atoms with E-state index in [1.165, 1.54) is 0 Å². The molecule has 1 aromatic carbocycles. The highest BCUT2D eigenvalue weighted by atomic mass is 16.2. The number of aromatic nitrogens is 1. The first kappa shape index (κ1) is 16.2. The molecule has 0 saturated heterocycles. The Labute approximate surface area is 140 Å². The van der Waals surface area contributed by atoms with Crippen LogP contribution in [0.2, 0.25) is 0 Å². The Morgan fingerprint density at radius 3 is 2.71 bits per heavy atom. The van der Waals surface area contributed by atoms with E-state index in [0.29, 0.717) is 24.1 Å². The molecular weight excluding hydrogens is 302 g/mol. The number of nitrogens with two attached hydrogens (primary N) is 1. The third-order valence-electron chi connectivity index (χ3n) is 4.60. The zero-order valence-corrected chi connectivity index (χ0v) is 13.9. The van der Waals surface area contributed by atoms with E-state index in [1.807, 2.05) is 50.3 Å². The Hall–Kier alpha value is -2.69. The van der Waals surface area contributed by atoms with Gasteiger partial charge in [-0.3, -0.25) is 14.6 Å². The average molecular weight is 323 g/mol. The lowest BCUT2D eigenvalue weighted by atomic mass is 9.88. The molecule has 0 unspecified atom stereocenters. The van der Waals surface area contributed by atoms with Crippen molar-refractivity contribution >= 4 is 22.7 Å². The molecule has 2 aromatic rings. The molecule has 0 bridgehead atoms. The van der Waals surface area contributed by atoms with E-state index in [2.05, 4.69) is 10.3 Å². The lowest BCUT2D eigenvalue weighted by Crippen LogP contribution is -2.46. The highest BCUT2D eigenvalue weighted by molar-refractivity contribution is 5.99. The third kappa shape index (κ3) is 3.02. The van der Waals surface area contributed by atoms with Gasteiger partial charge in [-0.2, -0.15) is 0 Å². The van der Waals surface area contributed by atoms with Gasteiger partial charge in [-0.25, -0.2) is 0 Å². The van der Waals surface area contributed by atoms with Crippen molar-refractivity contribution in [1.29, 1.82) is 0 Å². The van der Waals surface area contributed by atoms with Crippen LogP contribution in [-0.4, -0.2) is 22.8 Å². The minimum absolute atomic E-state index is 0.213. The van der Waals surface area contributed by atoms with Crippen molar-refractivity contribution in [2.45, 2.75) is 32.7 Å². The highest BCUT2D eigenvalue weighted by Crippen LogP contribution is 2.22. The van der Waals surface area contributed by atoms with Gasteiger partial charge in [0.05, 0.1) is 22.7 Å². The van der Waals surface area contributed by atoms with Gasteiger partial charge in [0, 0.05) is 11.4 Å². The highest BCUT2D eigenvalue weighted by Gasteiger charge is 2.29. The molecule has 1 heterocycles. The normalized spacial score (nSPS) is 20.1. The van der Waals surface area contributed by atoms with Crippen LogP contribution < -0.4 is 11.1 Å². The van der Waals surface area contributed by atoms with Crippen LogP contribution in [0, 0.1) is 19.8 Å². The molecule has 124 valence electrons. The fourth-order valence-electron chi connectivity index (χ4n) is 3.20. The maximum Gasteiger partial charge on any atom is 0.253 e. The largest absolute Gasteiger partial charge is 0.369 e. The predicted molar refractivity (Wildman–Crippen MR) is 93.5 cm³/mol. The van der Waals surface area contributed by atoms with Gasteiger partial charge in [0.25, 0.3) is 5.91 Å². The smallest absolute Gasteiger partial charge is 0.253 e. The number of carbonyl (C=O) groups excluding carboxylic acids is 2. The molecule has 0 fully saturated rings. The number of carbonyl (C=O) groups is 2. The van der Waals surface area contributed by atoms with E-state index in [0.717, 1.165) is 16.5 Å². The van der Waals surface area contributed by atoms with Gasteiger partial charge in [0.15, 0.2) is 0 Å². The van der Waals surface area contributed by atoms with Gasteiger partial charge < -0.3 is 11.1 Å². The molecule has 1 aliphatic carbocycles.